The first-order chi connectivity index (χ1) is 15.9. The van der Waals surface area contributed by atoms with Crippen molar-refractivity contribution < 1.29 is 19.4 Å². The van der Waals surface area contributed by atoms with Crippen LogP contribution < -0.4 is 10.1 Å². The minimum atomic E-state index is -1.01. The molecule has 0 aliphatic rings. The predicted molar refractivity (Wildman–Crippen MR) is 126 cm³/mol. The summed E-state index contributed by atoms with van der Waals surface area (Å²) in [7, 11) is 0. The van der Waals surface area contributed by atoms with Crippen LogP contribution in [0.2, 0.25) is 5.02 Å². The van der Waals surface area contributed by atoms with Crippen molar-refractivity contribution in [3.05, 3.63) is 106 Å². The Balaban J connectivity index is 1.68. The predicted octanol–water partition coefficient (Wildman–Crippen LogP) is 5.40. The molecule has 6 nitrogen and oxygen atoms in total. The summed E-state index contributed by atoms with van der Waals surface area (Å²) in [6, 6.07) is 22.5. The minimum absolute atomic E-state index is 0.0481. The standard InChI is InChI=1S/C26H21ClN2O4/c1-17(20-7-3-2-4-8-20)29-25(30)22(15-28)12-18-10-11-24(23(27)14-18)33-16-19-6-5-9-21(13-19)26(31)32/h2-14,17H,16H2,1H3,(H,29,30)(H,31,32)/b22-12-/t17-/m0/s1. The van der Waals surface area contributed by atoms with E-state index in [4.69, 9.17) is 21.4 Å². The van der Waals surface area contributed by atoms with Crippen LogP contribution in [0.25, 0.3) is 6.08 Å². The summed E-state index contributed by atoms with van der Waals surface area (Å²) >= 11 is 6.32. The molecule has 3 aromatic carbocycles. The SMILES string of the molecule is C[C@H](NC(=O)/C(C#N)=C\c1ccc(OCc2cccc(C(=O)O)c2)c(Cl)c1)c1ccccc1. The van der Waals surface area contributed by atoms with Gasteiger partial charge in [0.1, 0.15) is 24.0 Å². The second-order valence-corrected chi connectivity index (χ2v) is 7.67. The van der Waals surface area contributed by atoms with Crippen molar-refractivity contribution in [3.63, 3.8) is 0 Å². The number of amides is 1. The largest absolute Gasteiger partial charge is 0.487 e. The number of ether oxygens (including phenoxy) is 1. The first kappa shape index (κ1) is 23.6. The van der Waals surface area contributed by atoms with Gasteiger partial charge < -0.3 is 15.2 Å². The van der Waals surface area contributed by atoms with E-state index in [1.54, 1.807) is 30.3 Å². The Morgan fingerprint density at radius 3 is 2.55 bits per heavy atom. The fourth-order valence-electron chi connectivity index (χ4n) is 3.09. The molecule has 0 saturated carbocycles. The van der Waals surface area contributed by atoms with E-state index in [-0.39, 0.29) is 23.8 Å². The van der Waals surface area contributed by atoms with E-state index < -0.39 is 11.9 Å². The second kappa shape index (κ2) is 11.0. The lowest BCUT2D eigenvalue weighted by molar-refractivity contribution is -0.117. The van der Waals surface area contributed by atoms with Gasteiger partial charge in [-0.1, -0.05) is 60.1 Å². The van der Waals surface area contributed by atoms with E-state index in [0.717, 1.165) is 5.56 Å². The second-order valence-electron chi connectivity index (χ2n) is 7.26. The maximum atomic E-state index is 12.5. The average Bonchev–Trinajstić information content (AvgIpc) is 2.82. The number of carboxylic acids is 1. The molecule has 0 radical (unpaired) electrons. The van der Waals surface area contributed by atoms with Gasteiger partial charge in [0.05, 0.1) is 16.6 Å². The first-order valence-corrected chi connectivity index (χ1v) is 10.5. The van der Waals surface area contributed by atoms with Crippen LogP contribution in [-0.4, -0.2) is 17.0 Å². The van der Waals surface area contributed by atoms with E-state index in [9.17, 15) is 14.9 Å². The third-order valence-corrected chi connectivity index (χ3v) is 5.14. The molecule has 3 rings (SSSR count). The van der Waals surface area contributed by atoms with Gasteiger partial charge in [0, 0.05) is 0 Å². The Hall–Kier alpha value is -4.08. The number of nitrogens with zero attached hydrogens (tertiary/aromatic N) is 1. The normalized spacial score (nSPS) is 11.8. The topological polar surface area (TPSA) is 99.4 Å². The van der Waals surface area contributed by atoms with Crippen LogP contribution in [0.4, 0.5) is 0 Å². The zero-order valence-corrected chi connectivity index (χ0v) is 18.5. The first-order valence-electron chi connectivity index (χ1n) is 10.1. The van der Waals surface area contributed by atoms with Gasteiger partial charge in [0.2, 0.25) is 0 Å². The summed E-state index contributed by atoms with van der Waals surface area (Å²) in [5.41, 5.74) is 2.31. The summed E-state index contributed by atoms with van der Waals surface area (Å²) in [6.45, 7) is 1.98. The number of aromatic carboxylic acids is 1. The van der Waals surface area contributed by atoms with E-state index >= 15 is 0 Å². The van der Waals surface area contributed by atoms with Crippen molar-refractivity contribution in [3.8, 4) is 11.8 Å². The van der Waals surface area contributed by atoms with Crippen molar-refractivity contribution in [1.29, 1.82) is 5.26 Å². The molecule has 0 saturated heterocycles. The summed E-state index contributed by atoms with van der Waals surface area (Å²) in [4.78, 5) is 23.6. The third-order valence-electron chi connectivity index (χ3n) is 4.85. The molecule has 2 N–H and O–H groups in total. The van der Waals surface area contributed by atoms with Crippen molar-refractivity contribution >= 4 is 29.6 Å². The van der Waals surface area contributed by atoms with E-state index in [2.05, 4.69) is 5.32 Å². The van der Waals surface area contributed by atoms with Crippen molar-refractivity contribution in [2.24, 2.45) is 0 Å². The van der Waals surface area contributed by atoms with Gasteiger partial charge in [-0.2, -0.15) is 5.26 Å². The van der Waals surface area contributed by atoms with Gasteiger partial charge in [-0.3, -0.25) is 4.79 Å². The maximum Gasteiger partial charge on any atom is 0.335 e. The molecule has 0 fully saturated rings. The fraction of sp³-hybridized carbons (Fsp3) is 0.115. The van der Waals surface area contributed by atoms with Crippen LogP contribution in [0.3, 0.4) is 0 Å². The van der Waals surface area contributed by atoms with Crippen LogP contribution >= 0.6 is 11.6 Å². The molecular weight excluding hydrogens is 440 g/mol. The van der Waals surface area contributed by atoms with Gasteiger partial charge in [-0.25, -0.2) is 4.79 Å². The number of carbonyl (C=O) groups is 2. The molecule has 0 aliphatic heterocycles. The number of rotatable bonds is 8. The zero-order chi connectivity index (χ0) is 23.8. The van der Waals surface area contributed by atoms with Crippen LogP contribution in [0.15, 0.2) is 78.4 Å². The van der Waals surface area contributed by atoms with Gasteiger partial charge in [0.15, 0.2) is 0 Å². The van der Waals surface area contributed by atoms with Crippen molar-refractivity contribution in [2.75, 3.05) is 0 Å². The number of nitrogens with one attached hydrogen (secondary N) is 1. The van der Waals surface area contributed by atoms with E-state index in [1.165, 1.54) is 18.2 Å². The number of carbonyl (C=O) groups excluding carboxylic acids is 1. The molecule has 1 amide bonds. The molecule has 33 heavy (non-hydrogen) atoms. The molecule has 0 spiro atoms. The summed E-state index contributed by atoms with van der Waals surface area (Å²) in [5.74, 6) is -1.10. The Morgan fingerprint density at radius 2 is 1.88 bits per heavy atom. The Kier molecular flexibility index (Phi) is 7.85. The van der Waals surface area contributed by atoms with Crippen LogP contribution in [0, 0.1) is 11.3 Å². The third kappa shape index (κ3) is 6.45. The molecule has 0 aromatic heterocycles. The number of halogens is 1. The molecule has 166 valence electrons. The quantitative estimate of drug-likeness (QED) is 0.346. The van der Waals surface area contributed by atoms with Gasteiger partial charge in [0.25, 0.3) is 5.91 Å². The molecule has 0 unspecified atom stereocenters. The molecular formula is C26H21ClN2O4. The van der Waals surface area contributed by atoms with Crippen molar-refractivity contribution in [1.82, 2.24) is 5.32 Å². The summed E-state index contributed by atoms with van der Waals surface area (Å²) in [5, 5.41) is 21.7. The molecule has 3 aromatic rings. The molecule has 1 atom stereocenters. The van der Waals surface area contributed by atoms with Gasteiger partial charge in [-0.05, 0) is 54.0 Å². The van der Waals surface area contributed by atoms with Gasteiger partial charge in [-0.15, -0.1) is 0 Å². The van der Waals surface area contributed by atoms with Crippen LogP contribution in [0.1, 0.15) is 40.0 Å². The fourth-order valence-corrected chi connectivity index (χ4v) is 3.34. The number of nitriles is 1. The molecule has 0 aliphatic carbocycles. The Morgan fingerprint density at radius 1 is 1.12 bits per heavy atom. The van der Waals surface area contributed by atoms with E-state index in [0.29, 0.717) is 21.9 Å². The van der Waals surface area contributed by atoms with E-state index in [1.807, 2.05) is 43.3 Å². The minimum Gasteiger partial charge on any atom is -0.487 e. The number of benzene rings is 3. The number of hydrogen-bond donors (Lipinski definition) is 2. The average molecular weight is 461 g/mol. The highest BCUT2D eigenvalue weighted by Gasteiger charge is 2.14. The Bertz CT molecular complexity index is 1230. The molecule has 0 heterocycles. The summed E-state index contributed by atoms with van der Waals surface area (Å²) in [6.07, 6.45) is 1.46. The summed E-state index contributed by atoms with van der Waals surface area (Å²) < 4.78 is 5.70. The highest BCUT2D eigenvalue weighted by atomic mass is 35.5. The maximum absolute atomic E-state index is 12.5. The monoisotopic (exact) mass is 460 g/mol. The highest BCUT2D eigenvalue weighted by Crippen LogP contribution is 2.27. The Labute approximate surface area is 196 Å². The number of hydrogen-bond acceptors (Lipinski definition) is 4. The van der Waals surface area contributed by atoms with Crippen LogP contribution in [0.5, 0.6) is 5.75 Å². The lowest BCUT2D eigenvalue weighted by Crippen LogP contribution is -2.27. The van der Waals surface area contributed by atoms with Gasteiger partial charge >= 0.3 is 5.97 Å². The highest BCUT2D eigenvalue weighted by molar-refractivity contribution is 6.32. The van der Waals surface area contributed by atoms with Crippen molar-refractivity contribution in [2.45, 2.75) is 19.6 Å². The molecule has 0 bridgehead atoms. The van der Waals surface area contributed by atoms with Crippen LogP contribution in [-0.2, 0) is 11.4 Å². The molecule has 7 heteroatoms. The lowest BCUT2D eigenvalue weighted by Gasteiger charge is -2.14. The number of carboxylic acid groups (broad SMARTS) is 1. The zero-order valence-electron chi connectivity index (χ0n) is 17.8. The smallest absolute Gasteiger partial charge is 0.335 e. The lowest BCUT2D eigenvalue weighted by atomic mass is 10.1.